The van der Waals surface area contributed by atoms with Crippen molar-refractivity contribution in [1.82, 2.24) is 14.4 Å². The number of hydrogen-bond acceptors (Lipinski definition) is 11. The number of nitrogens with two attached hydrogens (primary N) is 1. The summed E-state index contributed by atoms with van der Waals surface area (Å²) in [5.41, 5.74) is 3.03. The third-order valence-corrected chi connectivity index (χ3v) is 3.79. The van der Waals surface area contributed by atoms with Crippen LogP contribution in [0.4, 0.5) is 0 Å². The van der Waals surface area contributed by atoms with E-state index in [1.165, 1.54) is 0 Å². The molecule has 188 valence electrons. The van der Waals surface area contributed by atoms with Gasteiger partial charge in [0.2, 0.25) is 0 Å². The zero-order valence-electron chi connectivity index (χ0n) is 19.3. The molecule has 0 saturated carbocycles. The quantitative estimate of drug-likeness (QED) is 0.173. The highest BCUT2D eigenvalue weighted by atomic mass is 32.2. The number of nitrogens with one attached hydrogen (secondary N) is 1. The summed E-state index contributed by atoms with van der Waals surface area (Å²) in [5.74, 6) is 3.56. The van der Waals surface area contributed by atoms with Crippen molar-refractivity contribution >= 4 is 57.6 Å². The van der Waals surface area contributed by atoms with E-state index in [9.17, 15) is 4.79 Å². The summed E-state index contributed by atoms with van der Waals surface area (Å²) in [6, 6.07) is 15.3. The van der Waals surface area contributed by atoms with Gasteiger partial charge in [0.15, 0.2) is 5.65 Å². The van der Waals surface area contributed by atoms with Gasteiger partial charge >= 0.3 is 5.69 Å². The van der Waals surface area contributed by atoms with Gasteiger partial charge in [0, 0.05) is 48.9 Å². The molecule has 4 aromatic rings. The number of hydrogen-bond donors (Lipinski definition) is 4. The first kappa shape index (κ1) is 31.3. The summed E-state index contributed by atoms with van der Waals surface area (Å²) in [6.45, 7) is 5.08. The topological polar surface area (TPSA) is 171 Å². The molecule has 2 heterocycles. The van der Waals surface area contributed by atoms with Gasteiger partial charge in [-0.05, 0) is 24.3 Å². The monoisotopic (exact) mass is 516 g/mol. The lowest BCUT2D eigenvalue weighted by Crippen LogP contribution is -2.15. The molecule has 0 spiro atoms. The highest BCUT2D eigenvalue weighted by Gasteiger charge is 2.09. The van der Waals surface area contributed by atoms with Crippen LogP contribution < -0.4 is 11.6 Å². The number of carboxylic acid groups (broad SMARTS) is 1. The Morgan fingerprint density at radius 3 is 2.12 bits per heavy atom. The Hall–Kier alpha value is -2.69. The Bertz CT molecular complexity index is 1160. The fourth-order valence-electron chi connectivity index (χ4n) is 2.44. The molecule has 5 N–H and O–H groups in total. The predicted octanol–water partition coefficient (Wildman–Crippen LogP) is 4.22. The second-order valence-corrected chi connectivity index (χ2v) is 6.33. The van der Waals surface area contributed by atoms with Crippen LogP contribution in [0.3, 0.4) is 0 Å². The molecule has 0 aliphatic carbocycles. The molecule has 0 atom stereocenters. The third-order valence-electron chi connectivity index (χ3n) is 3.38. The number of fused-ring (bicyclic) bond motifs is 5. The van der Waals surface area contributed by atoms with Crippen molar-refractivity contribution in [3.05, 3.63) is 59.0 Å². The number of H-pyrrole nitrogens is 1. The van der Waals surface area contributed by atoms with Crippen LogP contribution in [0.5, 0.6) is 0 Å². The number of benzene rings is 2. The van der Waals surface area contributed by atoms with E-state index in [-0.39, 0.29) is 5.69 Å². The average molecular weight is 517 g/mol. The maximum absolute atomic E-state index is 12.1. The molecule has 12 nitrogen and oxygen atoms in total. The maximum Gasteiger partial charge on any atom is 0.332 e. The van der Waals surface area contributed by atoms with E-state index in [1.54, 1.807) is 16.9 Å². The van der Waals surface area contributed by atoms with Gasteiger partial charge in [0.25, 0.3) is 5.97 Å². The molecule has 2 aromatic carbocycles. The molecule has 4 rings (SSSR count). The standard InChI is InChI=1S/C14H9N3O.C2H4O2.C2H6.CH5NO2S.CH4O3S/c18-14-16-10-6-2-1-5-9(10)13-15-11-7-3-4-8-12(11)17(13)14;1-2(3)4;1-2;2*1-5-4-3-2/h1-8H,(H,16,18);1H3,(H,3,4);1-2H3;2H2,1H3;2H,1H3. The fourth-order valence-corrected chi connectivity index (χ4v) is 2.58. The molecule has 0 aliphatic heterocycles. The number of aromatic amines is 1. The Morgan fingerprint density at radius 2 is 1.62 bits per heavy atom. The van der Waals surface area contributed by atoms with Gasteiger partial charge in [-0.3, -0.25) is 4.79 Å². The van der Waals surface area contributed by atoms with Crippen LogP contribution in [0.2, 0.25) is 0 Å². The van der Waals surface area contributed by atoms with Gasteiger partial charge in [-0.25, -0.2) is 19.4 Å². The highest BCUT2D eigenvalue weighted by Crippen LogP contribution is 2.20. The smallest absolute Gasteiger partial charge is 0.332 e. The lowest BCUT2D eigenvalue weighted by Gasteiger charge is -1.99. The lowest BCUT2D eigenvalue weighted by atomic mass is 10.2. The summed E-state index contributed by atoms with van der Waals surface area (Å²) in [7, 11) is 0. The van der Waals surface area contributed by atoms with Crippen LogP contribution in [-0.4, -0.2) is 43.2 Å². The molecular weight excluding hydrogens is 488 g/mol. The molecule has 2 aromatic heterocycles. The van der Waals surface area contributed by atoms with Gasteiger partial charge in [0.05, 0.1) is 16.6 Å². The average Bonchev–Trinajstić information content (AvgIpc) is 3.23. The first-order chi connectivity index (χ1) is 16.4. The number of nitrogens with zero attached hydrogens (tertiary/aromatic N) is 2. The zero-order valence-corrected chi connectivity index (χ0v) is 20.9. The molecule has 0 bridgehead atoms. The van der Waals surface area contributed by atoms with Gasteiger partial charge < -0.3 is 10.1 Å². The number of rotatable bonds is 4. The minimum absolute atomic E-state index is 0.155. The summed E-state index contributed by atoms with van der Waals surface area (Å²) >= 11 is 1.98. The lowest BCUT2D eigenvalue weighted by molar-refractivity contribution is -0.432. The van der Waals surface area contributed by atoms with Gasteiger partial charge in [-0.15, -0.1) is 13.7 Å². The number of imidazole rings is 1. The number of carboxylic acids is 1. The summed E-state index contributed by atoms with van der Waals surface area (Å²) in [5, 5.41) is 18.8. The number of carbonyl (C=O) groups is 1. The van der Waals surface area contributed by atoms with Crippen LogP contribution in [0.25, 0.3) is 27.6 Å². The largest absolute Gasteiger partial charge is 0.481 e. The first-order valence-corrected chi connectivity index (χ1v) is 11.9. The summed E-state index contributed by atoms with van der Waals surface area (Å²) < 4.78 is 9.46. The van der Waals surface area contributed by atoms with Crippen LogP contribution in [0.1, 0.15) is 20.8 Å². The molecule has 0 aliphatic rings. The minimum Gasteiger partial charge on any atom is -0.481 e. The highest BCUT2D eigenvalue weighted by molar-refractivity contribution is 7.94. The molecule has 0 saturated heterocycles. The van der Waals surface area contributed by atoms with E-state index >= 15 is 0 Å². The van der Waals surface area contributed by atoms with E-state index in [0.29, 0.717) is 5.65 Å². The van der Waals surface area contributed by atoms with Crippen molar-refractivity contribution in [2.45, 2.75) is 20.8 Å². The number of aliphatic carboxylic acids is 1. The Labute approximate surface area is 204 Å². The van der Waals surface area contributed by atoms with Crippen molar-refractivity contribution in [3.8, 4) is 0 Å². The minimum atomic E-state index is -0.833. The van der Waals surface area contributed by atoms with E-state index < -0.39 is 5.97 Å². The van der Waals surface area contributed by atoms with Crippen LogP contribution in [0.15, 0.2) is 53.3 Å². The zero-order chi connectivity index (χ0) is 25.9. The maximum atomic E-state index is 12.1. The van der Waals surface area contributed by atoms with Gasteiger partial charge in [-0.1, -0.05) is 43.2 Å². The van der Waals surface area contributed by atoms with E-state index in [0.717, 1.165) is 52.9 Å². The SMILES string of the molecule is CC.CC(=O)O.CSOON.CSOOO.O=c1[nH]c2ccccc2c2nc3ccccc3n12. The third kappa shape index (κ3) is 10.5. The molecule has 14 heteroatoms. The normalized spacial score (nSPS) is 9.50. The Kier molecular flexibility index (Phi) is 17.2. The molecule has 0 radical (unpaired) electrons. The van der Waals surface area contributed by atoms with Crippen LogP contribution in [0, 0.1) is 0 Å². The van der Waals surface area contributed by atoms with Crippen LogP contribution >= 0.6 is 24.1 Å². The molecule has 0 unspecified atom stereocenters. The van der Waals surface area contributed by atoms with E-state index in [2.05, 4.69) is 34.6 Å². The predicted molar refractivity (Wildman–Crippen MR) is 134 cm³/mol. The van der Waals surface area contributed by atoms with Crippen molar-refractivity contribution in [2.24, 2.45) is 5.90 Å². The molecule has 0 fully saturated rings. The number of para-hydroxylation sites is 3. The Morgan fingerprint density at radius 1 is 1.06 bits per heavy atom. The second kappa shape index (κ2) is 18.7. The second-order valence-electron chi connectivity index (χ2n) is 5.39. The number of aromatic nitrogens is 3. The molecule has 34 heavy (non-hydrogen) atoms. The van der Waals surface area contributed by atoms with E-state index in [4.69, 9.17) is 15.2 Å². The molecule has 0 amide bonds. The molecular formula is C20H28N4O8S2. The van der Waals surface area contributed by atoms with E-state index in [1.807, 2.05) is 62.4 Å². The van der Waals surface area contributed by atoms with Gasteiger partial charge in [0.1, 0.15) is 0 Å². The summed E-state index contributed by atoms with van der Waals surface area (Å²) in [4.78, 5) is 32.2. The van der Waals surface area contributed by atoms with Crippen molar-refractivity contribution in [3.63, 3.8) is 0 Å². The van der Waals surface area contributed by atoms with Crippen molar-refractivity contribution in [2.75, 3.05) is 12.5 Å². The fraction of sp³-hybridized carbons (Fsp3) is 0.250. The van der Waals surface area contributed by atoms with Gasteiger partial charge in [-0.2, -0.15) is 5.90 Å². The first-order valence-electron chi connectivity index (χ1n) is 9.56. The van der Waals surface area contributed by atoms with Crippen LogP contribution in [-0.2, 0) is 23.5 Å². The van der Waals surface area contributed by atoms with Crippen molar-refractivity contribution < 1.29 is 33.9 Å². The van der Waals surface area contributed by atoms with Crippen molar-refractivity contribution in [1.29, 1.82) is 0 Å². The summed E-state index contributed by atoms with van der Waals surface area (Å²) in [6.07, 6.45) is 3.32. The Balaban J connectivity index is 0.000000567.